The minimum absolute atomic E-state index is 0.558. The Morgan fingerprint density at radius 1 is 1.15 bits per heavy atom. The van der Waals surface area contributed by atoms with E-state index in [0.717, 1.165) is 24.4 Å². The molecule has 5 nitrogen and oxygen atoms in total. The molecule has 0 amide bonds. The van der Waals surface area contributed by atoms with Crippen LogP contribution in [0.5, 0.6) is 0 Å². The van der Waals surface area contributed by atoms with E-state index in [1.807, 2.05) is 6.07 Å². The normalized spacial score (nSPS) is 11.4. The number of hydrogen-bond donors (Lipinski definition) is 1. The summed E-state index contributed by atoms with van der Waals surface area (Å²) in [5.41, 5.74) is 1.10. The first-order valence-corrected chi connectivity index (χ1v) is 7.14. The second-order valence-corrected chi connectivity index (χ2v) is 5.05. The zero-order valence-corrected chi connectivity index (χ0v) is 12.8. The SMILES string of the molecule is COCCOCCOCc1ccoc1CNCC(C)C. The maximum atomic E-state index is 5.57. The van der Waals surface area contributed by atoms with Gasteiger partial charge in [-0.1, -0.05) is 13.8 Å². The monoisotopic (exact) mass is 285 g/mol. The van der Waals surface area contributed by atoms with Gasteiger partial charge in [-0.15, -0.1) is 0 Å². The van der Waals surface area contributed by atoms with E-state index in [4.69, 9.17) is 18.6 Å². The van der Waals surface area contributed by atoms with Gasteiger partial charge in [-0.05, 0) is 18.5 Å². The maximum absolute atomic E-state index is 5.57. The van der Waals surface area contributed by atoms with Crippen molar-refractivity contribution in [1.82, 2.24) is 5.32 Å². The van der Waals surface area contributed by atoms with Gasteiger partial charge in [-0.25, -0.2) is 0 Å². The summed E-state index contributed by atoms with van der Waals surface area (Å²) >= 11 is 0. The van der Waals surface area contributed by atoms with E-state index in [2.05, 4.69) is 19.2 Å². The van der Waals surface area contributed by atoms with Gasteiger partial charge in [-0.3, -0.25) is 0 Å². The van der Waals surface area contributed by atoms with Crippen LogP contribution < -0.4 is 5.32 Å². The van der Waals surface area contributed by atoms with Crippen LogP contribution in [-0.2, 0) is 27.4 Å². The van der Waals surface area contributed by atoms with Crippen molar-refractivity contribution in [2.75, 3.05) is 40.1 Å². The Bertz CT molecular complexity index is 338. The molecule has 0 aliphatic heterocycles. The van der Waals surface area contributed by atoms with Gasteiger partial charge in [0.15, 0.2) is 0 Å². The van der Waals surface area contributed by atoms with Crippen LogP contribution in [0.25, 0.3) is 0 Å². The van der Waals surface area contributed by atoms with E-state index in [9.17, 15) is 0 Å². The predicted molar refractivity (Wildman–Crippen MR) is 77.6 cm³/mol. The zero-order valence-electron chi connectivity index (χ0n) is 12.8. The Morgan fingerprint density at radius 2 is 1.90 bits per heavy atom. The Kier molecular flexibility index (Phi) is 9.32. The molecule has 0 saturated carbocycles. The van der Waals surface area contributed by atoms with Crippen LogP contribution >= 0.6 is 0 Å². The van der Waals surface area contributed by atoms with Crippen LogP contribution in [0, 0.1) is 5.92 Å². The first-order valence-electron chi connectivity index (χ1n) is 7.14. The van der Waals surface area contributed by atoms with Crippen molar-refractivity contribution in [2.24, 2.45) is 5.92 Å². The molecule has 1 N–H and O–H groups in total. The molecule has 0 unspecified atom stereocenters. The lowest BCUT2D eigenvalue weighted by atomic mass is 10.2. The highest BCUT2D eigenvalue weighted by Crippen LogP contribution is 2.11. The van der Waals surface area contributed by atoms with E-state index in [1.165, 1.54) is 0 Å². The second kappa shape index (κ2) is 10.9. The zero-order chi connectivity index (χ0) is 14.6. The molecular formula is C15H27NO4. The topological polar surface area (TPSA) is 52.9 Å². The van der Waals surface area contributed by atoms with Crippen molar-refractivity contribution in [1.29, 1.82) is 0 Å². The second-order valence-electron chi connectivity index (χ2n) is 5.05. The smallest absolute Gasteiger partial charge is 0.123 e. The van der Waals surface area contributed by atoms with Crippen LogP contribution in [0.2, 0.25) is 0 Å². The summed E-state index contributed by atoms with van der Waals surface area (Å²) in [5, 5.41) is 3.36. The van der Waals surface area contributed by atoms with Crippen molar-refractivity contribution in [3.8, 4) is 0 Å². The largest absolute Gasteiger partial charge is 0.468 e. The molecule has 1 heterocycles. The van der Waals surface area contributed by atoms with E-state index in [1.54, 1.807) is 13.4 Å². The number of ether oxygens (including phenoxy) is 3. The number of hydrogen-bond acceptors (Lipinski definition) is 5. The molecule has 0 bridgehead atoms. The van der Waals surface area contributed by atoms with Gasteiger partial charge in [0.2, 0.25) is 0 Å². The molecule has 1 aromatic rings. The highest BCUT2D eigenvalue weighted by atomic mass is 16.5. The minimum atomic E-state index is 0.558. The van der Waals surface area contributed by atoms with Gasteiger partial charge in [0.1, 0.15) is 5.76 Å². The van der Waals surface area contributed by atoms with Crippen molar-refractivity contribution in [3.63, 3.8) is 0 Å². The highest BCUT2D eigenvalue weighted by molar-refractivity contribution is 5.15. The molecule has 1 rings (SSSR count). The standard InChI is InChI=1S/C15H27NO4/c1-13(2)10-16-11-15-14(4-5-20-15)12-19-9-8-18-7-6-17-3/h4-5,13,16H,6-12H2,1-3H3. The molecule has 0 aromatic carbocycles. The predicted octanol–water partition coefficient (Wildman–Crippen LogP) is 2.20. The third kappa shape index (κ3) is 7.65. The molecule has 116 valence electrons. The van der Waals surface area contributed by atoms with Crippen LogP contribution in [-0.4, -0.2) is 40.1 Å². The molecule has 0 aliphatic carbocycles. The van der Waals surface area contributed by atoms with Gasteiger partial charge in [0.25, 0.3) is 0 Å². The van der Waals surface area contributed by atoms with Crippen LogP contribution in [0.3, 0.4) is 0 Å². The fraction of sp³-hybridized carbons (Fsp3) is 0.733. The van der Waals surface area contributed by atoms with Gasteiger partial charge < -0.3 is 23.9 Å². The summed E-state index contributed by atoms with van der Waals surface area (Å²) < 4.78 is 21.3. The maximum Gasteiger partial charge on any atom is 0.123 e. The Balaban J connectivity index is 2.12. The molecule has 0 spiro atoms. The molecular weight excluding hydrogens is 258 g/mol. The lowest BCUT2D eigenvalue weighted by Gasteiger charge is -2.08. The third-order valence-electron chi connectivity index (χ3n) is 2.74. The summed E-state index contributed by atoms with van der Waals surface area (Å²) in [6.45, 7) is 9.04. The number of rotatable bonds is 12. The van der Waals surface area contributed by atoms with E-state index in [0.29, 0.717) is 39.0 Å². The molecule has 0 atom stereocenters. The summed E-state index contributed by atoms with van der Waals surface area (Å²) in [5.74, 6) is 1.58. The molecule has 0 aliphatic rings. The van der Waals surface area contributed by atoms with E-state index >= 15 is 0 Å². The van der Waals surface area contributed by atoms with Crippen LogP contribution in [0.15, 0.2) is 16.7 Å². The van der Waals surface area contributed by atoms with Gasteiger partial charge in [0.05, 0.1) is 45.8 Å². The van der Waals surface area contributed by atoms with E-state index < -0.39 is 0 Å². The number of methoxy groups -OCH3 is 1. The lowest BCUT2D eigenvalue weighted by molar-refractivity contribution is 0.0196. The van der Waals surface area contributed by atoms with Crippen molar-refractivity contribution < 1.29 is 18.6 Å². The fourth-order valence-electron chi connectivity index (χ4n) is 1.67. The molecule has 0 fully saturated rings. The molecule has 0 saturated heterocycles. The minimum Gasteiger partial charge on any atom is -0.468 e. The summed E-state index contributed by atoms with van der Waals surface area (Å²) in [7, 11) is 1.66. The first-order chi connectivity index (χ1) is 9.74. The van der Waals surface area contributed by atoms with Crippen molar-refractivity contribution >= 4 is 0 Å². The number of nitrogens with one attached hydrogen (secondary N) is 1. The summed E-state index contributed by atoms with van der Waals surface area (Å²) in [6.07, 6.45) is 1.71. The Hall–Kier alpha value is -0.880. The molecule has 1 aromatic heterocycles. The van der Waals surface area contributed by atoms with Crippen LogP contribution in [0.4, 0.5) is 0 Å². The van der Waals surface area contributed by atoms with Gasteiger partial charge in [-0.2, -0.15) is 0 Å². The lowest BCUT2D eigenvalue weighted by Crippen LogP contribution is -2.19. The quantitative estimate of drug-likeness (QED) is 0.597. The molecule has 20 heavy (non-hydrogen) atoms. The van der Waals surface area contributed by atoms with Gasteiger partial charge >= 0.3 is 0 Å². The number of furan rings is 1. The van der Waals surface area contributed by atoms with Crippen molar-refractivity contribution in [3.05, 3.63) is 23.7 Å². The third-order valence-corrected chi connectivity index (χ3v) is 2.74. The van der Waals surface area contributed by atoms with Crippen LogP contribution in [0.1, 0.15) is 25.2 Å². The average molecular weight is 285 g/mol. The highest BCUT2D eigenvalue weighted by Gasteiger charge is 2.06. The van der Waals surface area contributed by atoms with Gasteiger partial charge in [0, 0.05) is 12.7 Å². The Labute approximate surface area is 121 Å². The molecule has 0 radical (unpaired) electrons. The fourth-order valence-corrected chi connectivity index (χ4v) is 1.67. The summed E-state index contributed by atoms with van der Waals surface area (Å²) in [6, 6.07) is 1.96. The first kappa shape index (κ1) is 17.2. The summed E-state index contributed by atoms with van der Waals surface area (Å²) in [4.78, 5) is 0. The molecule has 5 heteroatoms. The van der Waals surface area contributed by atoms with E-state index in [-0.39, 0.29) is 0 Å². The Morgan fingerprint density at radius 3 is 2.65 bits per heavy atom. The average Bonchev–Trinajstić information content (AvgIpc) is 2.85. The van der Waals surface area contributed by atoms with Crippen molar-refractivity contribution in [2.45, 2.75) is 27.0 Å².